The van der Waals surface area contributed by atoms with E-state index >= 15 is 0 Å². The fourth-order valence-electron chi connectivity index (χ4n) is 5.09. The molecule has 2 heteroatoms. The maximum Gasteiger partial charge on any atom is 0.256 e. The van der Waals surface area contributed by atoms with Crippen LogP contribution in [-0.4, -0.2) is 4.57 Å². The van der Waals surface area contributed by atoms with E-state index in [-0.39, 0.29) is 0 Å². The van der Waals surface area contributed by atoms with Crippen molar-refractivity contribution in [2.24, 2.45) is 0 Å². The number of aryl methyl sites for hydroxylation is 2. The van der Waals surface area contributed by atoms with Gasteiger partial charge in [0.25, 0.3) is 5.82 Å². The Bertz CT molecular complexity index is 519. The Kier molecular flexibility index (Phi) is 21.1. The second-order valence-corrected chi connectivity index (χ2v) is 10.6. The van der Waals surface area contributed by atoms with Gasteiger partial charge in [0, 0.05) is 6.42 Å². The largest absolute Gasteiger partial charge is 0.256 e. The van der Waals surface area contributed by atoms with Crippen molar-refractivity contribution in [2.45, 2.75) is 182 Å². The van der Waals surface area contributed by atoms with E-state index in [0.29, 0.717) is 0 Å². The van der Waals surface area contributed by atoms with Crippen molar-refractivity contribution in [1.82, 2.24) is 4.57 Å². The summed E-state index contributed by atoms with van der Waals surface area (Å²) >= 11 is 0. The minimum atomic E-state index is 1.22. The summed E-state index contributed by atoms with van der Waals surface area (Å²) in [5.74, 6) is 1.61. The van der Waals surface area contributed by atoms with Crippen LogP contribution < -0.4 is 4.57 Å². The Morgan fingerprint density at radius 3 is 1.45 bits per heavy atom. The molecular weight excluding hydrogens is 400 g/mol. The summed E-state index contributed by atoms with van der Waals surface area (Å²) in [5, 5.41) is 0. The zero-order valence-electron chi connectivity index (χ0n) is 23.2. The summed E-state index contributed by atoms with van der Waals surface area (Å²) in [6.45, 7) is 9.37. The molecule has 0 N–H and O–H groups in total. The fraction of sp³-hybridized carbons (Fsp3) is 0.903. The lowest BCUT2D eigenvalue weighted by Crippen LogP contribution is -2.37. The monoisotopic (exact) mass is 461 g/mol. The summed E-state index contributed by atoms with van der Waals surface area (Å²) in [6, 6.07) is 0. The van der Waals surface area contributed by atoms with Gasteiger partial charge in [0.15, 0.2) is 0 Å². The molecule has 0 saturated heterocycles. The lowest BCUT2D eigenvalue weighted by molar-refractivity contribution is -0.704. The van der Waals surface area contributed by atoms with Gasteiger partial charge < -0.3 is 0 Å². The van der Waals surface area contributed by atoms with E-state index in [2.05, 4.69) is 42.3 Å². The summed E-state index contributed by atoms with van der Waals surface area (Å²) in [5.41, 5.74) is 0. The second kappa shape index (κ2) is 23.0. The molecule has 0 spiro atoms. The molecule has 1 heterocycles. The molecule has 0 aromatic carbocycles. The van der Waals surface area contributed by atoms with Gasteiger partial charge in [-0.25, -0.2) is 9.13 Å². The van der Waals surface area contributed by atoms with Crippen LogP contribution in [0.2, 0.25) is 0 Å². The van der Waals surface area contributed by atoms with Gasteiger partial charge in [0.2, 0.25) is 0 Å². The van der Waals surface area contributed by atoms with E-state index in [1.54, 1.807) is 5.82 Å². The molecule has 2 nitrogen and oxygen atoms in total. The molecule has 1 aromatic heterocycles. The smallest absolute Gasteiger partial charge is 0.234 e. The van der Waals surface area contributed by atoms with Crippen LogP contribution in [0.4, 0.5) is 0 Å². The highest BCUT2D eigenvalue weighted by atomic mass is 15.1. The molecule has 0 bridgehead atoms. The van der Waals surface area contributed by atoms with Crippen LogP contribution in [0.5, 0.6) is 0 Å². The SMILES string of the molecule is CCCCCCCCCCCCn1cc[n+](CCCCCC)c1CCCCCCCCCC. The Morgan fingerprint density at radius 2 is 0.939 bits per heavy atom. The fourth-order valence-corrected chi connectivity index (χ4v) is 5.09. The summed E-state index contributed by atoms with van der Waals surface area (Å²) in [7, 11) is 0. The van der Waals surface area contributed by atoms with Crippen molar-refractivity contribution in [3.8, 4) is 0 Å². The highest BCUT2D eigenvalue weighted by Gasteiger charge is 2.16. The second-order valence-electron chi connectivity index (χ2n) is 10.6. The number of unbranched alkanes of at least 4 members (excludes halogenated alkanes) is 19. The summed E-state index contributed by atoms with van der Waals surface area (Å²) < 4.78 is 5.19. The number of hydrogen-bond acceptors (Lipinski definition) is 0. The molecule has 0 fully saturated rings. The lowest BCUT2D eigenvalue weighted by atomic mass is 10.1. The highest BCUT2D eigenvalue weighted by Crippen LogP contribution is 2.13. The first-order valence-corrected chi connectivity index (χ1v) is 15.4. The van der Waals surface area contributed by atoms with E-state index in [1.165, 1.54) is 161 Å². The number of hydrogen-bond donors (Lipinski definition) is 0. The van der Waals surface area contributed by atoms with Gasteiger partial charge in [0.05, 0.1) is 13.1 Å². The zero-order chi connectivity index (χ0) is 23.8. The van der Waals surface area contributed by atoms with Crippen LogP contribution in [0.3, 0.4) is 0 Å². The minimum absolute atomic E-state index is 1.22. The third-order valence-corrected chi connectivity index (χ3v) is 7.35. The average molecular weight is 462 g/mol. The maximum atomic E-state index is 2.60. The molecule has 0 aliphatic carbocycles. The Balaban J connectivity index is 2.31. The Morgan fingerprint density at radius 1 is 0.515 bits per heavy atom. The molecule has 0 radical (unpaired) electrons. The molecular formula is C31H61N2+. The molecule has 0 amide bonds. The van der Waals surface area contributed by atoms with Crippen LogP contribution in [-0.2, 0) is 19.5 Å². The molecule has 1 rings (SSSR count). The molecule has 0 aliphatic heterocycles. The summed E-state index contributed by atoms with van der Waals surface area (Å²) in [6.07, 6.45) is 37.0. The van der Waals surface area contributed by atoms with Gasteiger partial charge in [-0.1, -0.05) is 130 Å². The summed E-state index contributed by atoms with van der Waals surface area (Å²) in [4.78, 5) is 0. The third kappa shape index (κ3) is 16.5. The maximum absolute atomic E-state index is 2.60. The van der Waals surface area contributed by atoms with Crippen molar-refractivity contribution in [1.29, 1.82) is 0 Å². The van der Waals surface area contributed by atoms with Crippen LogP contribution in [0, 0.1) is 0 Å². The van der Waals surface area contributed by atoms with Crippen molar-refractivity contribution in [3.63, 3.8) is 0 Å². The Labute approximate surface area is 208 Å². The molecule has 0 saturated carbocycles. The predicted octanol–water partition coefficient (Wildman–Crippen LogP) is 9.96. The van der Waals surface area contributed by atoms with E-state index in [1.807, 2.05) is 0 Å². The third-order valence-electron chi connectivity index (χ3n) is 7.35. The normalized spacial score (nSPS) is 11.5. The molecule has 0 unspecified atom stereocenters. The molecule has 1 aromatic rings. The van der Waals surface area contributed by atoms with Crippen molar-refractivity contribution < 1.29 is 4.57 Å². The first-order chi connectivity index (χ1) is 16.3. The first kappa shape index (κ1) is 30.2. The van der Waals surface area contributed by atoms with E-state index in [0.717, 1.165) is 0 Å². The number of nitrogens with zero attached hydrogens (tertiary/aromatic N) is 2. The number of imidazole rings is 1. The van der Waals surface area contributed by atoms with E-state index in [9.17, 15) is 0 Å². The van der Waals surface area contributed by atoms with Crippen LogP contribution in [0.15, 0.2) is 12.4 Å². The van der Waals surface area contributed by atoms with Crippen molar-refractivity contribution in [2.75, 3.05) is 0 Å². The van der Waals surface area contributed by atoms with Crippen molar-refractivity contribution in [3.05, 3.63) is 18.2 Å². The molecule has 33 heavy (non-hydrogen) atoms. The molecule has 194 valence electrons. The standard InChI is InChI=1S/C31H61N2/c1-4-7-10-13-15-17-18-20-22-25-28-33-30-29-32(27-24-12-9-6-3)31(33)26-23-21-19-16-14-11-8-5-2/h29-30H,4-28H2,1-3H3/q+1. The average Bonchev–Trinajstić information content (AvgIpc) is 3.21. The van der Waals surface area contributed by atoms with Gasteiger partial charge in [-0.15, -0.1) is 0 Å². The van der Waals surface area contributed by atoms with Gasteiger partial charge in [0.1, 0.15) is 12.4 Å². The van der Waals surface area contributed by atoms with Crippen LogP contribution >= 0.6 is 0 Å². The zero-order valence-corrected chi connectivity index (χ0v) is 23.2. The number of rotatable bonds is 25. The Hall–Kier alpha value is -0.790. The van der Waals surface area contributed by atoms with Gasteiger partial charge in [-0.05, 0) is 32.1 Å². The lowest BCUT2D eigenvalue weighted by Gasteiger charge is -2.07. The van der Waals surface area contributed by atoms with E-state index < -0.39 is 0 Å². The topological polar surface area (TPSA) is 8.81 Å². The van der Waals surface area contributed by atoms with Gasteiger partial charge in [-0.3, -0.25) is 0 Å². The highest BCUT2D eigenvalue weighted by molar-refractivity contribution is 4.84. The van der Waals surface area contributed by atoms with Gasteiger partial charge >= 0.3 is 0 Å². The van der Waals surface area contributed by atoms with Crippen LogP contribution in [0.1, 0.15) is 168 Å². The van der Waals surface area contributed by atoms with Crippen LogP contribution in [0.25, 0.3) is 0 Å². The quantitative estimate of drug-likeness (QED) is 0.101. The van der Waals surface area contributed by atoms with Gasteiger partial charge in [-0.2, -0.15) is 0 Å². The van der Waals surface area contributed by atoms with E-state index in [4.69, 9.17) is 0 Å². The predicted molar refractivity (Wildman–Crippen MR) is 147 cm³/mol. The molecule has 0 atom stereocenters. The number of aromatic nitrogens is 2. The first-order valence-electron chi connectivity index (χ1n) is 15.4. The molecule has 0 aliphatic rings. The van der Waals surface area contributed by atoms with Crippen molar-refractivity contribution >= 4 is 0 Å². The minimum Gasteiger partial charge on any atom is -0.234 e.